The van der Waals surface area contributed by atoms with Crippen LogP contribution in [-0.2, 0) is 31.8 Å². The average molecular weight is 602 g/mol. The molecule has 186 valence electrons. The molecule has 1 heterocycles. The number of hydrogen-bond donors (Lipinski definition) is 2. The summed E-state index contributed by atoms with van der Waals surface area (Å²) >= 11 is 6.73. The average Bonchev–Trinajstić information content (AvgIpc) is 3.23. The summed E-state index contributed by atoms with van der Waals surface area (Å²) < 4.78 is 21.7. The molecular weight excluding hydrogens is 572 g/mol. The first-order valence-corrected chi connectivity index (χ1v) is 11.7. The first kappa shape index (κ1) is 29.9. The molecule has 34 heavy (non-hydrogen) atoms. The van der Waals surface area contributed by atoms with E-state index in [1.807, 2.05) is 48.5 Å². The predicted octanol–water partition coefficient (Wildman–Crippen LogP) is 4.31. The molecule has 0 spiro atoms. The topological polar surface area (TPSA) is 122 Å². The first-order chi connectivity index (χ1) is 16.1. The summed E-state index contributed by atoms with van der Waals surface area (Å²) in [7, 11) is 4.56. The standard InChI is InChI=1S/C10H9BrN2O.C8H9BrN2O.C5H12O3/c1-7-12-13-10(14-7)6-8-3-2-4-9(11)5-8;9-7-3-1-2-6(4-7)5-8(12)11-10;1-5(6-2,7-3)8-4/h2-5H,6H2,1H3;1-4H,5,10H2,(H,11,12);1-4H3. The molecule has 0 radical (unpaired) electrons. The molecule has 0 atom stereocenters. The van der Waals surface area contributed by atoms with E-state index in [0.29, 0.717) is 24.6 Å². The van der Waals surface area contributed by atoms with E-state index < -0.39 is 5.97 Å². The van der Waals surface area contributed by atoms with Crippen molar-refractivity contribution in [3.05, 3.63) is 80.4 Å². The largest absolute Gasteiger partial charge is 0.425 e. The van der Waals surface area contributed by atoms with E-state index in [-0.39, 0.29) is 5.91 Å². The lowest BCUT2D eigenvalue weighted by atomic mass is 10.1. The van der Waals surface area contributed by atoms with Crippen molar-refractivity contribution < 1.29 is 23.4 Å². The van der Waals surface area contributed by atoms with Gasteiger partial charge in [0.05, 0.1) is 12.8 Å². The number of nitrogens with zero attached hydrogens (tertiary/aromatic N) is 2. The van der Waals surface area contributed by atoms with Crippen LogP contribution in [0.1, 0.15) is 29.8 Å². The van der Waals surface area contributed by atoms with Gasteiger partial charge in [0.25, 0.3) is 5.97 Å². The van der Waals surface area contributed by atoms with E-state index >= 15 is 0 Å². The van der Waals surface area contributed by atoms with Crippen molar-refractivity contribution in [2.24, 2.45) is 5.84 Å². The van der Waals surface area contributed by atoms with E-state index in [1.165, 1.54) is 21.3 Å². The van der Waals surface area contributed by atoms with Crippen LogP contribution >= 0.6 is 31.9 Å². The second kappa shape index (κ2) is 15.7. The number of nitrogens with one attached hydrogen (secondary N) is 1. The third-order valence-electron chi connectivity index (χ3n) is 4.34. The molecule has 1 amide bonds. The minimum atomic E-state index is -0.875. The molecule has 9 nitrogen and oxygen atoms in total. The molecule has 3 N–H and O–H groups in total. The zero-order valence-corrected chi connectivity index (χ0v) is 23.0. The maximum Gasteiger partial charge on any atom is 0.279 e. The highest BCUT2D eigenvalue weighted by Crippen LogP contribution is 2.15. The summed E-state index contributed by atoms with van der Waals surface area (Å²) in [6.07, 6.45) is 0.996. The van der Waals surface area contributed by atoms with Gasteiger partial charge >= 0.3 is 0 Å². The van der Waals surface area contributed by atoms with Gasteiger partial charge in [0.15, 0.2) is 0 Å². The third-order valence-corrected chi connectivity index (χ3v) is 5.33. The Hall–Kier alpha value is -2.15. The van der Waals surface area contributed by atoms with Gasteiger partial charge in [-0.15, -0.1) is 10.2 Å². The molecule has 0 fully saturated rings. The molecule has 1 aromatic heterocycles. The lowest BCUT2D eigenvalue weighted by molar-refractivity contribution is -0.340. The Labute approximate surface area is 216 Å². The van der Waals surface area contributed by atoms with Crippen LogP contribution in [0.4, 0.5) is 0 Å². The van der Waals surface area contributed by atoms with Crippen LogP contribution in [0.5, 0.6) is 0 Å². The molecular formula is C23H30Br2N4O5. The molecule has 3 aromatic rings. The number of methoxy groups -OCH3 is 3. The van der Waals surface area contributed by atoms with E-state index in [0.717, 1.165) is 20.1 Å². The highest BCUT2D eigenvalue weighted by Gasteiger charge is 2.20. The molecule has 0 aliphatic rings. The van der Waals surface area contributed by atoms with Gasteiger partial charge in [-0.2, -0.15) is 0 Å². The number of hydrogen-bond acceptors (Lipinski definition) is 8. The molecule has 0 aliphatic carbocycles. The summed E-state index contributed by atoms with van der Waals surface area (Å²) in [6, 6.07) is 15.6. The van der Waals surface area contributed by atoms with Gasteiger partial charge < -0.3 is 18.6 Å². The Bertz CT molecular complexity index is 1000. The fourth-order valence-electron chi connectivity index (χ4n) is 2.36. The van der Waals surface area contributed by atoms with E-state index in [4.69, 9.17) is 24.5 Å². The monoisotopic (exact) mass is 600 g/mol. The fraction of sp³-hybridized carbons (Fsp3) is 0.348. The van der Waals surface area contributed by atoms with E-state index in [9.17, 15) is 4.79 Å². The summed E-state index contributed by atoms with van der Waals surface area (Å²) in [4.78, 5) is 10.8. The Kier molecular flexibility index (Phi) is 13.8. The Morgan fingerprint density at radius 3 is 1.94 bits per heavy atom. The van der Waals surface area contributed by atoms with Crippen LogP contribution in [0, 0.1) is 6.92 Å². The van der Waals surface area contributed by atoms with E-state index in [1.54, 1.807) is 13.8 Å². The minimum Gasteiger partial charge on any atom is -0.425 e. The Balaban J connectivity index is 0.000000266. The molecule has 3 rings (SSSR count). The molecule has 2 aromatic carbocycles. The number of halogens is 2. The molecule has 11 heteroatoms. The van der Waals surface area contributed by atoms with Crippen LogP contribution in [0.2, 0.25) is 0 Å². The van der Waals surface area contributed by atoms with Gasteiger partial charge in [-0.25, -0.2) is 5.84 Å². The second-order valence-corrected chi connectivity index (χ2v) is 8.70. The SMILES string of the molecule is COC(C)(OC)OC.Cc1nnc(Cc2cccc(Br)c2)o1.NNC(=O)Cc1cccc(Br)c1. The lowest BCUT2D eigenvalue weighted by Crippen LogP contribution is -2.31. The fourth-order valence-corrected chi connectivity index (χ4v) is 3.26. The van der Waals surface area contributed by atoms with Gasteiger partial charge in [0.2, 0.25) is 17.7 Å². The summed E-state index contributed by atoms with van der Waals surface area (Å²) in [5.41, 5.74) is 4.17. The number of benzene rings is 2. The van der Waals surface area contributed by atoms with Gasteiger partial charge in [0, 0.05) is 44.1 Å². The summed E-state index contributed by atoms with van der Waals surface area (Å²) in [5, 5.41) is 7.72. The number of amides is 1. The Morgan fingerprint density at radius 2 is 1.53 bits per heavy atom. The second-order valence-electron chi connectivity index (χ2n) is 6.87. The quantitative estimate of drug-likeness (QED) is 0.178. The van der Waals surface area contributed by atoms with Crippen molar-refractivity contribution in [1.82, 2.24) is 15.6 Å². The van der Waals surface area contributed by atoms with Crippen LogP contribution in [0.15, 0.2) is 61.9 Å². The van der Waals surface area contributed by atoms with Crippen molar-refractivity contribution in [1.29, 1.82) is 0 Å². The molecule has 0 aliphatic heterocycles. The molecule has 0 saturated heterocycles. The number of aryl methyl sites for hydroxylation is 1. The molecule has 0 bridgehead atoms. The number of nitrogens with two attached hydrogens (primary N) is 1. The summed E-state index contributed by atoms with van der Waals surface area (Å²) in [6.45, 7) is 3.48. The van der Waals surface area contributed by atoms with Crippen LogP contribution in [-0.4, -0.2) is 43.4 Å². The highest BCUT2D eigenvalue weighted by atomic mass is 79.9. The highest BCUT2D eigenvalue weighted by molar-refractivity contribution is 9.10. The van der Waals surface area contributed by atoms with Crippen molar-refractivity contribution in [3.8, 4) is 0 Å². The third kappa shape index (κ3) is 11.8. The van der Waals surface area contributed by atoms with Gasteiger partial charge in [0.1, 0.15) is 0 Å². The van der Waals surface area contributed by atoms with Gasteiger partial charge in [-0.1, -0.05) is 56.1 Å². The van der Waals surface area contributed by atoms with Crippen LogP contribution < -0.4 is 11.3 Å². The number of aromatic nitrogens is 2. The van der Waals surface area contributed by atoms with Crippen LogP contribution in [0.3, 0.4) is 0 Å². The number of carbonyl (C=O) groups excluding carboxylic acids is 1. The van der Waals surface area contributed by atoms with Crippen molar-refractivity contribution in [2.45, 2.75) is 32.7 Å². The summed E-state index contributed by atoms with van der Waals surface area (Å²) in [5.74, 6) is 5.14. The van der Waals surface area contributed by atoms with E-state index in [2.05, 4.69) is 47.5 Å². The van der Waals surface area contributed by atoms with Gasteiger partial charge in [-0.3, -0.25) is 10.2 Å². The number of hydrazine groups is 1. The Morgan fingerprint density at radius 1 is 1.00 bits per heavy atom. The number of carbonyl (C=O) groups is 1. The number of ether oxygens (including phenoxy) is 3. The smallest absolute Gasteiger partial charge is 0.279 e. The predicted molar refractivity (Wildman–Crippen MR) is 136 cm³/mol. The molecule has 0 unspecified atom stereocenters. The zero-order valence-electron chi connectivity index (χ0n) is 19.8. The zero-order chi connectivity index (χ0) is 25.6. The van der Waals surface area contributed by atoms with Crippen molar-refractivity contribution in [3.63, 3.8) is 0 Å². The van der Waals surface area contributed by atoms with Crippen LogP contribution in [0.25, 0.3) is 0 Å². The first-order valence-electron chi connectivity index (χ1n) is 10.1. The van der Waals surface area contributed by atoms with Gasteiger partial charge in [-0.05, 0) is 35.4 Å². The molecule has 0 saturated carbocycles. The lowest BCUT2D eigenvalue weighted by Gasteiger charge is -2.23. The maximum atomic E-state index is 10.8. The normalized spacial score (nSPS) is 10.5. The number of rotatable bonds is 7. The maximum absolute atomic E-state index is 10.8. The minimum absolute atomic E-state index is 0.187. The van der Waals surface area contributed by atoms with Crippen molar-refractivity contribution >= 4 is 37.8 Å². The van der Waals surface area contributed by atoms with Crippen molar-refractivity contribution in [2.75, 3.05) is 21.3 Å².